The molecule has 1 heterocycles. The maximum Gasteiger partial charge on any atom is 0.311 e. The Bertz CT molecular complexity index is 436. The van der Waals surface area contributed by atoms with Crippen molar-refractivity contribution in [2.75, 3.05) is 6.26 Å². The van der Waals surface area contributed by atoms with E-state index in [0.717, 1.165) is 19.3 Å². The zero-order chi connectivity index (χ0) is 16.0. The number of nitrogens with two attached hydrogens (primary N) is 1. The quantitative estimate of drug-likeness (QED) is 0.324. The second kappa shape index (κ2) is 8.23. The van der Waals surface area contributed by atoms with Gasteiger partial charge in [-0.3, -0.25) is 15.1 Å². The number of rotatable bonds is 7. The zero-order valence-electron chi connectivity index (χ0n) is 13.1. The number of nitro groups is 1. The second-order valence-corrected chi connectivity index (χ2v) is 6.08. The van der Waals surface area contributed by atoms with Crippen molar-refractivity contribution in [1.29, 1.82) is 0 Å². The van der Waals surface area contributed by atoms with Gasteiger partial charge in [0.05, 0.1) is 4.92 Å². The summed E-state index contributed by atoms with van der Waals surface area (Å²) in [6.07, 6.45) is 5.53. The van der Waals surface area contributed by atoms with E-state index in [9.17, 15) is 10.1 Å². The standard InChI is InChI=1S/C13H25N5O2S/c1-5-6-7-8-10-11(18(19)20)12(15-9(2)3)16-13(21-4)17(10)14/h9-10,15H,5-8,14H2,1-4H3. The lowest BCUT2D eigenvalue weighted by Crippen LogP contribution is -2.50. The van der Waals surface area contributed by atoms with E-state index in [1.54, 1.807) is 0 Å². The van der Waals surface area contributed by atoms with Gasteiger partial charge < -0.3 is 5.32 Å². The summed E-state index contributed by atoms with van der Waals surface area (Å²) in [6, 6.07) is -0.366. The molecule has 0 saturated heterocycles. The molecule has 1 unspecified atom stereocenters. The van der Waals surface area contributed by atoms with Crippen molar-refractivity contribution >= 4 is 16.9 Å². The maximum absolute atomic E-state index is 11.5. The molecule has 0 radical (unpaired) electrons. The summed E-state index contributed by atoms with van der Waals surface area (Å²) < 4.78 is 0. The van der Waals surface area contributed by atoms with Gasteiger partial charge >= 0.3 is 5.70 Å². The lowest BCUT2D eigenvalue weighted by Gasteiger charge is -2.31. The van der Waals surface area contributed by atoms with Crippen molar-refractivity contribution in [2.45, 2.75) is 58.5 Å². The number of thioether (sulfide) groups is 1. The first-order chi connectivity index (χ1) is 9.92. The van der Waals surface area contributed by atoms with Crippen LogP contribution in [0, 0.1) is 10.1 Å². The number of unbranched alkanes of at least 4 members (excludes halogenated alkanes) is 2. The fourth-order valence-corrected chi connectivity index (χ4v) is 2.76. The van der Waals surface area contributed by atoms with E-state index >= 15 is 0 Å². The molecule has 0 aromatic rings. The van der Waals surface area contributed by atoms with Crippen LogP contribution in [0.1, 0.15) is 46.5 Å². The van der Waals surface area contributed by atoms with Crippen LogP contribution < -0.4 is 11.2 Å². The number of amidine groups is 1. The Morgan fingerprint density at radius 3 is 2.67 bits per heavy atom. The molecule has 0 aromatic heterocycles. The molecular formula is C13H25N5O2S. The lowest BCUT2D eigenvalue weighted by molar-refractivity contribution is -0.434. The molecule has 0 spiro atoms. The Balaban J connectivity index is 3.14. The van der Waals surface area contributed by atoms with E-state index in [0.29, 0.717) is 17.4 Å². The van der Waals surface area contributed by atoms with Gasteiger partial charge in [-0.15, -0.1) is 0 Å². The molecule has 21 heavy (non-hydrogen) atoms. The van der Waals surface area contributed by atoms with Crippen molar-refractivity contribution in [3.05, 3.63) is 21.6 Å². The van der Waals surface area contributed by atoms with E-state index in [4.69, 9.17) is 5.84 Å². The normalized spacial score (nSPS) is 19.0. The van der Waals surface area contributed by atoms with Crippen LogP contribution in [0.25, 0.3) is 0 Å². The first kappa shape index (κ1) is 17.8. The largest absolute Gasteiger partial charge is 0.362 e. The van der Waals surface area contributed by atoms with Gasteiger partial charge in [0.1, 0.15) is 6.04 Å². The lowest BCUT2D eigenvalue weighted by atomic mass is 10.0. The molecule has 0 saturated carbocycles. The third-order valence-electron chi connectivity index (χ3n) is 3.21. The smallest absolute Gasteiger partial charge is 0.311 e. The molecule has 7 nitrogen and oxygen atoms in total. The van der Waals surface area contributed by atoms with E-state index < -0.39 is 6.04 Å². The van der Waals surface area contributed by atoms with E-state index in [1.165, 1.54) is 16.8 Å². The summed E-state index contributed by atoms with van der Waals surface area (Å²) in [5, 5.41) is 16.6. The molecule has 1 aliphatic heterocycles. The van der Waals surface area contributed by atoms with E-state index in [2.05, 4.69) is 17.2 Å². The number of hydrazine groups is 1. The van der Waals surface area contributed by atoms with Crippen LogP contribution >= 0.6 is 11.8 Å². The molecule has 0 aliphatic carbocycles. The van der Waals surface area contributed by atoms with Crippen LogP contribution in [0.2, 0.25) is 0 Å². The summed E-state index contributed by atoms with van der Waals surface area (Å²) in [4.78, 5) is 15.4. The van der Waals surface area contributed by atoms with Gasteiger partial charge in [0.15, 0.2) is 5.17 Å². The van der Waals surface area contributed by atoms with Crippen LogP contribution in [-0.2, 0) is 0 Å². The highest BCUT2D eigenvalue weighted by atomic mass is 32.2. The van der Waals surface area contributed by atoms with Gasteiger partial charge in [-0.2, -0.15) is 4.99 Å². The monoisotopic (exact) mass is 315 g/mol. The minimum atomic E-state index is -0.437. The highest BCUT2D eigenvalue weighted by Crippen LogP contribution is 2.26. The Labute approximate surface area is 130 Å². The first-order valence-corrected chi connectivity index (χ1v) is 8.46. The van der Waals surface area contributed by atoms with Crippen LogP contribution in [0.4, 0.5) is 0 Å². The Morgan fingerprint density at radius 2 is 2.19 bits per heavy atom. The Hall–Kier alpha value is -1.28. The molecule has 1 rings (SSSR count). The predicted molar refractivity (Wildman–Crippen MR) is 87.2 cm³/mol. The highest BCUT2D eigenvalue weighted by Gasteiger charge is 2.38. The topological polar surface area (TPSA) is 96.8 Å². The van der Waals surface area contributed by atoms with Crippen molar-refractivity contribution < 1.29 is 4.92 Å². The fourth-order valence-electron chi connectivity index (χ4n) is 2.24. The molecule has 8 heteroatoms. The SMILES string of the molecule is CCCCCC1C([N+](=O)[O-])=C(NC(C)C)N=C(SC)N1N. The van der Waals surface area contributed by atoms with Crippen LogP contribution in [0.15, 0.2) is 16.5 Å². The van der Waals surface area contributed by atoms with Crippen molar-refractivity contribution in [3.63, 3.8) is 0 Å². The number of nitrogens with one attached hydrogen (secondary N) is 1. The molecule has 3 N–H and O–H groups in total. The van der Waals surface area contributed by atoms with Crippen LogP contribution in [0.5, 0.6) is 0 Å². The van der Waals surface area contributed by atoms with Gasteiger partial charge in [0, 0.05) is 6.04 Å². The molecule has 0 amide bonds. The van der Waals surface area contributed by atoms with Crippen molar-refractivity contribution in [2.24, 2.45) is 10.8 Å². The van der Waals surface area contributed by atoms with E-state index in [1.807, 2.05) is 20.1 Å². The van der Waals surface area contributed by atoms with Gasteiger partial charge in [-0.25, -0.2) is 5.84 Å². The predicted octanol–water partition coefficient (Wildman–Crippen LogP) is 2.29. The molecule has 1 atom stereocenters. The summed E-state index contributed by atoms with van der Waals surface area (Å²) in [6.45, 7) is 5.96. The molecule has 0 bridgehead atoms. The van der Waals surface area contributed by atoms with Gasteiger partial charge in [0.2, 0.25) is 5.82 Å². The summed E-state index contributed by atoms with van der Waals surface area (Å²) >= 11 is 1.40. The van der Waals surface area contributed by atoms with Crippen LogP contribution in [-0.4, -0.2) is 33.4 Å². The highest BCUT2D eigenvalue weighted by molar-refractivity contribution is 8.13. The van der Waals surface area contributed by atoms with Gasteiger partial charge in [0.25, 0.3) is 0 Å². The Kier molecular flexibility index (Phi) is 6.97. The van der Waals surface area contributed by atoms with Crippen molar-refractivity contribution in [3.8, 4) is 0 Å². The fraction of sp³-hybridized carbons (Fsp3) is 0.769. The number of nitrogens with zero attached hydrogens (tertiary/aromatic N) is 3. The molecule has 0 fully saturated rings. The number of hydrogen-bond donors (Lipinski definition) is 2. The molecule has 0 aromatic carbocycles. The maximum atomic E-state index is 11.5. The number of hydrogen-bond acceptors (Lipinski definition) is 7. The molecule has 1 aliphatic rings. The minimum Gasteiger partial charge on any atom is -0.362 e. The summed E-state index contributed by atoms with van der Waals surface area (Å²) in [5.41, 5.74) is 0.0695. The summed E-state index contributed by atoms with van der Waals surface area (Å²) in [7, 11) is 0. The third kappa shape index (κ3) is 4.60. The van der Waals surface area contributed by atoms with Gasteiger partial charge in [-0.1, -0.05) is 37.9 Å². The zero-order valence-corrected chi connectivity index (χ0v) is 13.9. The average molecular weight is 315 g/mol. The number of aliphatic imine (C=N–C) groups is 1. The third-order valence-corrected chi connectivity index (χ3v) is 3.88. The minimum absolute atomic E-state index is 0.0695. The van der Waals surface area contributed by atoms with Crippen molar-refractivity contribution in [1.82, 2.24) is 10.3 Å². The molecule has 120 valence electrons. The van der Waals surface area contributed by atoms with Gasteiger partial charge in [-0.05, 0) is 26.5 Å². The summed E-state index contributed by atoms with van der Waals surface area (Å²) in [5.74, 6) is 6.39. The second-order valence-electron chi connectivity index (χ2n) is 5.31. The molecular weight excluding hydrogens is 290 g/mol. The first-order valence-electron chi connectivity index (χ1n) is 7.24. The average Bonchev–Trinajstić information content (AvgIpc) is 2.40. The van der Waals surface area contributed by atoms with Crippen LogP contribution in [0.3, 0.4) is 0 Å². The van der Waals surface area contributed by atoms with E-state index in [-0.39, 0.29) is 16.7 Å². The Morgan fingerprint density at radius 1 is 1.52 bits per heavy atom.